The first-order valence-corrected chi connectivity index (χ1v) is 21.1. The molecule has 0 heterocycles. The second-order valence-corrected chi connectivity index (χ2v) is 17.2. The third kappa shape index (κ3) is 9.79. The van der Waals surface area contributed by atoms with Crippen LogP contribution in [0.1, 0.15) is 65.3 Å². The van der Waals surface area contributed by atoms with E-state index in [9.17, 15) is 5.11 Å². The molecule has 0 bridgehead atoms. The summed E-state index contributed by atoms with van der Waals surface area (Å²) in [6, 6.07) is 48.3. The van der Waals surface area contributed by atoms with Crippen LogP contribution >= 0.6 is 63.7 Å². The van der Waals surface area contributed by atoms with Gasteiger partial charge in [-0.1, -0.05) is 194 Å². The van der Waals surface area contributed by atoms with E-state index in [1.54, 1.807) is 20.8 Å². The molecule has 6 aromatic carbocycles. The fourth-order valence-corrected chi connectivity index (χ4v) is 9.26. The standard InChI is InChI=1S/C21H15Br.C13H10.C8H7Br3.C4H9O.K/c22-16-10-9-14-12-21(13-15(14)11-16)19-7-3-1-5-17(19)18-6-2-4-8-20(18)21;1-3-7-12-10(5-1)9-11-6-2-4-8-13(11)12;9-4-6-1-2-8(11)3-7(6)5-10;1-4(2,3)5;/h1-11H,12-13H2;1-8H,9H2;1-3H,4-5H2;1-3H3;/q;;;-1;+1. The van der Waals surface area contributed by atoms with Gasteiger partial charge in [-0.3, -0.25) is 0 Å². The molecule has 260 valence electrons. The summed E-state index contributed by atoms with van der Waals surface area (Å²) in [4.78, 5) is 0. The third-order valence-electron chi connectivity index (χ3n) is 9.49. The maximum absolute atomic E-state index is 10.1. The van der Waals surface area contributed by atoms with Crippen molar-refractivity contribution >= 4 is 63.7 Å². The summed E-state index contributed by atoms with van der Waals surface area (Å²) in [5.41, 5.74) is 16.6. The molecule has 0 fully saturated rings. The topological polar surface area (TPSA) is 23.1 Å². The molecule has 0 aromatic heterocycles. The van der Waals surface area contributed by atoms with Crippen LogP contribution in [0.2, 0.25) is 0 Å². The summed E-state index contributed by atoms with van der Waals surface area (Å²) in [6.07, 6.45) is 3.33. The Labute approximate surface area is 386 Å². The Hall–Kier alpha value is -1.16. The summed E-state index contributed by atoms with van der Waals surface area (Å²) in [5, 5.41) is 11.9. The molecule has 9 rings (SSSR count). The number of hydrogen-bond donors (Lipinski definition) is 0. The van der Waals surface area contributed by atoms with Gasteiger partial charge in [-0.2, -0.15) is 0 Å². The van der Waals surface area contributed by atoms with Gasteiger partial charge in [0.2, 0.25) is 0 Å². The molecular weight excluding hydrogens is 927 g/mol. The average molecular weight is 969 g/mol. The number of halogens is 4. The maximum Gasteiger partial charge on any atom is 1.00 e. The zero-order chi connectivity index (χ0) is 36.2. The van der Waals surface area contributed by atoms with E-state index in [4.69, 9.17) is 0 Å². The molecule has 6 heteroatoms. The van der Waals surface area contributed by atoms with Crippen molar-refractivity contribution in [1.82, 2.24) is 0 Å². The molecule has 0 radical (unpaired) electrons. The largest absolute Gasteiger partial charge is 1.00 e. The molecule has 3 aliphatic rings. The van der Waals surface area contributed by atoms with Crippen LogP contribution in [0.25, 0.3) is 22.3 Å². The second-order valence-electron chi connectivity index (χ2n) is 14.2. The summed E-state index contributed by atoms with van der Waals surface area (Å²) >= 11 is 13.9. The van der Waals surface area contributed by atoms with Gasteiger partial charge in [0, 0.05) is 25.0 Å². The van der Waals surface area contributed by atoms with Crippen LogP contribution < -0.4 is 56.5 Å². The van der Waals surface area contributed by atoms with Crippen molar-refractivity contribution in [1.29, 1.82) is 0 Å². The van der Waals surface area contributed by atoms with Crippen molar-refractivity contribution in [3.63, 3.8) is 0 Å². The van der Waals surface area contributed by atoms with Gasteiger partial charge in [-0.25, -0.2) is 0 Å². The van der Waals surface area contributed by atoms with Crippen LogP contribution in [0.4, 0.5) is 0 Å². The summed E-state index contributed by atoms with van der Waals surface area (Å²) in [5.74, 6) is 0. The molecular formula is C46H41Br4KO. The summed E-state index contributed by atoms with van der Waals surface area (Å²) < 4.78 is 2.32. The normalized spacial score (nSPS) is 13.3. The van der Waals surface area contributed by atoms with Crippen molar-refractivity contribution in [2.75, 3.05) is 0 Å². The molecule has 0 amide bonds. The first kappa shape index (κ1) is 42.0. The molecule has 1 spiro atoms. The second kappa shape index (κ2) is 18.6. The van der Waals surface area contributed by atoms with Crippen LogP contribution in [0.15, 0.2) is 142 Å². The average Bonchev–Trinajstić information content (AvgIpc) is 3.78. The zero-order valence-electron chi connectivity index (χ0n) is 30.2. The van der Waals surface area contributed by atoms with Crippen LogP contribution in [0.3, 0.4) is 0 Å². The number of alkyl halides is 2. The van der Waals surface area contributed by atoms with E-state index >= 15 is 0 Å². The van der Waals surface area contributed by atoms with Crippen LogP contribution in [-0.4, -0.2) is 5.60 Å². The Morgan fingerprint density at radius 2 is 0.942 bits per heavy atom. The Balaban J connectivity index is 0.000000150. The molecule has 6 aromatic rings. The maximum atomic E-state index is 10.1. The van der Waals surface area contributed by atoms with Crippen molar-refractivity contribution in [2.45, 2.75) is 61.7 Å². The molecule has 0 aliphatic heterocycles. The molecule has 3 aliphatic carbocycles. The Bertz CT molecular complexity index is 2060. The van der Waals surface area contributed by atoms with E-state index in [-0.39, 0.29) is 56.8 Å². The Morgan fingerprint density at radius 3 is 1.46 bits per heavy atom. The minimum absolute atomic E-state index is 0. The van der Waals surface area contributed by atoms with E-state index in [0.29, 0.717) is 0 Å². The number of hydrogen-bond acceptors (Lipinski definition) is 1. The van der Waals surface area contributed by atoms with Gasteiger partial charge < -0.3 is 5.11 Å². The first-order valence-electron chi connectivity index (χ1n) is 17.2. The van der Waals surface area contributed by atoms with Crippen LogP contribution in [0.5, 0.6) is 0 Å². The summed E-state index contributed by atoms with van der Waals surface area (Å²) in [6.45, 7) is 4.90. The molecule has 0 N–H and O–H groups in total. The van der Waals surface area contributed by atoms with Crippen molar-refractivity contribution < 1.29 is 56.5 Å². The third-order valence-corrected chi connectivity index (χ3v) is 11.7. The van der Waals surface area contributed by atoms with E-state index in [0.717, 1.165) is 34.4 Å². The van der Waals surface area contributed by atoms with Crippen LogP contribution in [0, 0.1) is 0 Å². The Kier molecular flexibility index (Phi) is 15.1. The van der Waals surface area contributed by atoms with Crippen molar-refractivity contribution in [2.24, 2.45) is 0 Å². The van der Waals surface area contributed by atoms with Gasteiger partial charge in [0.15, 0.2) is 0 Å². The minimum atomic E-state index is -0.750. The van der Waals surface area contributed by atoms with Gasteiger partial charge >= 0.3 is 51.4 Å². The Morgan fingerprint density at radius 1 is 0.519 bits per heavy atom. The molecule has 0 saturated carbocycles. The van der Waals surface area contributed by atoms with E-state index < -0.39 is 5.60 Å². The van der Waals surface area contributed by atoms with E-state index in [1.165, 1.54) is 71.2 Å². The monoisotopic (exact) mass is 964 g/mol. The quantitative estimate of drug-likeness (QED) is 0.125. The van der Waals surface area contributed by atoms with Crippen LogP contribution in [-0.2, 0) is 35.3 Å². The van der Waals surface area contributed by atoms with Gasteiger partial charge in [0.1, 0.15) is 0 Å². The van der Waals surface area contributed by atoms with Gasteiger partial charge in [-0.05, 0) is 110 Å². The molecule has 0 saturated heterocycles. The summed E-state index contributed by atoms with van der Waals surface area (Å²) in [7, 11) is 0. The fourth-order valence-electron chi connectivity index (χ4n) is 7.37. The molecule has 0 atom stereocenters. The molecule has 0 unspecified atom stereocenters. The van der Waals surface area contributed by atoms with Gasteiger partial charge in [-0.15, -0.1) is 5.60 Å². The van der Waals surface area contributed by atoms with Crippen molar-refractivity contribution in [3.8, 4) is 22.3 Å². The predicted molar refractivity (Wildman–Crippen MR) is 228 cm³/mol. The van der Waals surface area contributed by atoms with Gasteiger partial charge in [0.25, 0.3) is 0 Å². The van der Waals surface area contributed by atoms with E-state index in [2.05, 4.69) is 197 Å². The number of benzene rings is 6. The fraction of sp³-hybridized carbons (Fsp3) is 0.217. The smallest absolute Gasteiger partial charge is 0.850 e. The predicted octanol–water partition coefficient (Wildman–Crippen LogP) is 10.2. The minimum Gasteiger partial charge on any atom is -0.850 e. The SMILES string of the molecule is BrCc1ccc(Br)cc1CBr.Brc1ccc2c(c1)CC1(C2)c2ccccc2-c2ccccc21.CC(C)(C)[O-].[K+].c1ccc2c(c1)Cc1ccccc1-2. The van der Waals surface area contributed by atoms with Crippen molar-refractivity contribution in [3.05, 3.63) is 187 Å². The number of rotatable bonds is 2. The molecule has 52 heavy (non-hydrogen) atoms. The number of fused-ring (bicyclic) bond motifs is 9. The van der Waals surface area contributed by atoms with E-state index in [1.807, 2.05) is 0 Å². The first-order chi connectivity index (χ1) is 24.5. The molecule has 1 nitrogen and oxygen atoms in total. The van der Waals surface area contributed by atoms with Gasteiger partial charge in [0.05, 0.1) is 0 Å². The zero-order valence-corrected chi connectivity index (χ0v) is 39.6.